The van der Waals surface area contributed by atoms with Crippen LogP contribution >= 0.6 is 0 Å². The Labute approximate surface area is 173 Å². The van der Waals surface area contributed by atoms with E-state index in [1.165, 1.54) is 29.3 Å². The van der Waals surface area contributed by atoms with Gasteiger partial charge in [-0.2, -0.15) is 0 Å². The fourth-order valence-corrected chi connectivity index (χ4v) is 5.04. The maximum atomic E-state index is 11.5. The summed E-state index contributed by atoms with van der Waals surface area (Å²) in [6.45, 7) is 3.55. The number of rotatable bonds is 2. The van der Waals surface area contributed by atoms with Crippen molar-refractivity contribution in [2.75, 3.05) is 20.4 Å². The average molecular weight is 406 g/mol. The number of nitrogens with zero attached hydrogens (tertiary/aromatic N) is 1. The molecule has 7 nitrogen and oxygen atoms in total. The second-order valence-corrected chi connectivity index (χ2v) is 8.07. The van der Waals surface area contributed by atoms with E-state index in [2.05, 4.69) is 22.0 Å². The zero-order valence-electron chi connectivity index (χ0n) is 16.9. The Morgan fingerprint density at radius 1 is 1.17 bits per heavy atom. The van der Waals surface area contributed by atoms with Gasteiger partial charge in [0.05, 0.1) is 7.11 Å². The predicted octanol–water partition coefficient (Wildman–Crippen LogP) is 3.49. The van der Waals surface area contributed by atoms with Crippen LogP contribution in [0.4, 0.5) is 0 Å². The molecule has 0 bridgehead atoms. The summed E-state index contributed by atoms with van der Waals surface area (Å²) in [4.78, 5) is 17.5. The Balaban J connectivity index is 1.44. The molecular weight excluding hydrogens is 384 g/mol. The Bertz CT molecular complexity index is 1200. The van der Waals surface area contributed by atoms with Gasteiger partial charge in [-0.05, 0) is 47.7 Å². The lowest BCUT2D eigenvalue weighted by atomic mass is 9.85. The molecule has 4 heterocycles. The molecule has 0 amide bonds. The first kappa shape index (κ1) is 17.7. The summed E-state index contributed by atoms with van der Waals surface area (Å²) in [5.74, 6) is 2.33. The van der Waals surface area contributed by atoms with Crippen LogP contribution in [0, 0.1) is 0 Å². The highest BCUT2D eigenvalue weighted by Gasteiger charge is 2.35. The molecule has 0 fully saturated rings. The number of carbonyl (C=O) groups excluding carboxylic acids is 1. The highest BCUT2D eigenvalue weighted by molar-refractivity contribution is 5.89. The van der Waals surface area contributed by atoms with Crippen LogP contribution in [-0.2, 0) is 24.2 Å². The molecule has 7 heteroatoms. The molecule has 0 saturated heterocycles. The molecular formula is C23H22N2O5. The van der Waals surface area contributed by atoms with Crippen molar-refractivity contribution in [3.8, 4) is 23.0 Å². The molecule has 1 aromatic heterocycles. The Kier molecular flexibility index (Phi) is 3.77. The van der Waals surface area contributed by atoms with Gasteiger partial charge in [-0.25, -0.2) is 0 Å². The van der Waals surface area contributed by atoms with Gasteiger partial charge < -0.3 is 23.9 Å². The van der Waals surface area contributed by atoms with Gasteiger partial charge in [0, 0.05) is 48.7 Å². The summed E-state index contributed by atoms with van der Waals surface area (Å²) in [5.41, 5.74) is 6.15. The number of benzene rings is 2. The number of hydrogen-bond donors (Lipinski definition) is 1. The summed E-state index contributed by atoms with van der Waals surface area (Å²) in [7, 11) is 1.59. The average Bonchev–Trinajstić information content (AvgIpc) is 3.32. The van der Waals surface area contributed by atoms with Crippen molar-refractivity contribution in [2.45, 2.75) is 32.4 Å². The van der Waals surface area contributed by atoms with E-state index in [4.69, 9.17) is 18.9 Å². The number of nitrogens with one attached hydrogen (secondary N) is 1. The summed E-state index contributed by atoms with van der Waals surface area (Å²) in [6.07, 6.45) is 1.90. The van der Waals surface area contributed by atoms with Crippen molar-refractivity contribution in [3.05, 3.63) is 46.6 Å². The summed E-state index contributed by atoms with van der Waals surface area (Å²) >= 11 is 0. The summed E-state index contributed by atoms with van der Waals surface area (Å²) < 4.78 is 22.1. The Hall–Kier alpha value is -3.19. The smallest absolute Gasteiger partial charge is 0.308 e. The standard InChI is InChI=1S/C23H22N2O5/c1-12(26)30-23-9-17-16(8-20(23)27-2)15-6-19-14-7-22-21(28-11-29-22)5-13(14)3-4-25(19)10-18(15)24-17/h5,7-9,19,24H,3-4,6,10-11H2,1-2H3/t19-/m0/s1. The SMILES string of the molecule is COc1cc2c3c([nH]c2cc1OC(C)=O)CN1CCc2cc4c(cc2[C@@H]1C3)OCO4. The number of aromatic nitrogens is 1. The lowest BCUT2D eigenvalue weighted by Crippen LogP contribution is -2.39. The topological polar surface area (TPSA) is 73.0 Å². The minimum atomic E-state index is -0.364. The van der Waals surface area contributed by atoms with Crippen molar-refractivity contribution < 1.29 is 23.7 Å². The number of methoxy groups -OCH3 is 1. The van der Waals surface area contributed by atoms with E-state index in [9.17, 15) is 4.79 Å². The van der Waals surface area contributed by atoms with Gasteiger partial charge in [-0.1, -0.05) is 0 Å². The van der Waals surface area contributed by atoms with Crippen molar-refractivity contribution in [1.29, 1.82) is 0 Å². The summed E-state index contributed by atoms with van der Waals surface area (Å²) in [5, 5.41) is 1.12. The molecule has 3 aliphatic heterocycles. The fraction of sp³-hybridized carbons (Fsp3) is 0.348. The Morgan fingerprint density at radius 2 is 2.00 bits per heavy atom. The molecule has 6 rings (SSSR count). The van der Waals surface area contributed by atoms with Crippen LogP contribution in [0.5, 0.6) is 23.0 Å². The first-order valence-electron chi connectivity index (χ1n) is 10.2. The van der Waals surface area contributed by atoms with Gasteiger partial charge in [0.2, 0.25) is 6.79 Å². The number of aromatic amines is 1. The third-order valence-electron chi connectivity index (χ3n) is 6.39. The first-order chi connectivity index (χ1) is 14.6. The lowest BCUT2D eigenvalue weighted by molar-refractivity contribution is -0.132. The number of ether oxygens (including phenoxy) is 4. The van der Waals surface area contributed by atoms with Crippen molar-refractivity contribution >= 4 is 16.9 Å². The third-order valence-corrected chi connectivity index (χ3v) is 6.39. The van der Waals surface area contributed by atoms with Crippen LogP contribution in [-0.4, -0.2) is 36.3 Å². The fourth-order valence-electron chi connectivity index (χ4n) is 5.04. The molecule has 154 valence electrons. The normalized spacial score (nSPS) is 19.2. The van der Waals surface area contributed by atoms with Crippen LogP contribution in [0.3, 0.4) is 0 Å². The van der Waals surface area contributed by atoms with E-state index >= 15 is 0 Å². The maximum Gasteiger partial charge on any atom is 0.308 e. The summed E-state index contributed by atoms with van der Waals surface area (Å²) in [6, 6.07) is 8.44. The van der Waals surface area contributed by atoms with Crippen LogP contribution in [0.1, 0.15) is 35.3 Å². The van der Waals surface area contributed by atoms with E-state index in [0.717, 1.165) is 48.3 Å². The third kappa shape index (κ3) is 2.58. The minimum Gasteiger partial charge on any atom is -0.493 e. The van der Waals surface area contributed by atoms with Gasteiger partial charge in [-0.3, -0.25) is 9.69 Å². The molecule has 0 radical (unpaired) electrons. The second kappa shape index (κ2) is 6.40. The lowest BCUT2D eigenvalue weighted by Gasteiger charge is -2.40. The zero-order valence-corrected chi connectivity index (χ0v) is 16.9. The number of fused-ring (bicyclic) bond motifs is 7. The molecule has 1 N–H and O–H groups in total. The molecule has 1 atom stereocenters. The predicted molar refractivity (Wildman–Crippen MR) is 109 cm³/mol. The van der Waals surface area contributed by atoms with Crippen LogP contribution in [0.15, 0.2) is 24.3 Å². The molecule has 2 aromatic carbocycles. The van der Waals surface area contributed by atoms with Gasteiger partial charge in [0.25, 0.3) is 0 Å². The van der Waals surface area contributed by atoms with E-state index in [1.54, 1.807) is 7.11 Å². The molecule has 0 spiro atoms. The van der Waals surface area contributed by atoms with Crippen LogP contribution < -0.4 is 18.9 Å². The minimum absolute atomic E-state index is 0.295. The molecule has 3 aromatic rings. The number of carbonyl (C=O) groups is 1. The molecule has 30 heavy (non-hydrogen) atoms. The van der Waals surface area contributed by atoms with Gasteiger partial charge in [0.15, 0.2) is 23.0 Å². The van der Waals surface area contributed by atoms with Crippen molar-refractivity contribution in [3.63, 3.8) is 0 Å². The highest BCUT2D eigenvalue weighted by atomic mass is 16.7. The maximum absolute atomic E-state index is 11.5. The van der Waals surface area contributed by atoms with Gasteiger partial charge >= 0.3 is 5.97 Å². The highest BCUT2D eigenvalue weighted by Crippen LogP contribution is 2.46. The number of hydrogen-bond acceptors (Lipinski definition) is 6. The molecule has 0 saturated carbocycles. The largest absolute Gasteiger partial charge is 0.493 e. The van der Waals surface area contributed by atoms with Crippen LogP contribution in [0.2, 0.25) is 0 Å². The van der Waals surface area contributed by atoms with Gasteiger partial charge in [-0.15, -0.1) is 0 Å². The zero-order chi connectivity index (χ0) is 20.4. The molecule has 0 unspecified atom stereocenters. The second-order valence-electron chi connectivity index (χ2n) is 8.07. The Morgan fingerprint density at radius 3 is 2.80 bits per heavy atom. The van der Waals surface area contributed by atoms with Crippen molar-refractivity contribution in [2.24, 2.45) is 0 Å². The van der Waals surface area contributed by atoms with Crippen molar-refractivity contribution in [1.82, 2.24) is 9.88 Å². The number of esters is 1. The van der Waals surface area contributed by atoms with E-state index < -0.39 is 0 Å². The molecule has 3 aliphatic rings. The van der Waals surface area contributed by atoms with E-state index in [-0.39, 0.29) is 5.97 Å². The van der Waals surface area contributed by atoms with Gasteiger partial charge in [0.1, 0.15) is 0 Å². The van der Waals surface area contributed by atoms with E-state index in [0.29, 0.717) is 24.3 Å². The van der Waals surface area contributed by atoms with E-state index in [1.807, 2.05) is 12.1 Å². The van der Waals surface area contributed by atoms with Crippen LogP contribution in [0.25, 0.3) is 10.9 Å². The quantitative estimate of drug-likeness (QED) is 0.519. The molecule has 0 aliphatic carbocycles. The first-order valence-corrected chi connectivity index (χ1v) is 10.2. The number of H-pyrrole nitrogens is 1. The monoisotopic (exact) mass is 406 g/mol.